The van der Waals surface area contributed by atoms with Crippen molar-refractivity contribution in [3.63, 3.8) is 0 Å². The summed E-state index contributed by atoms with van der Waals surface area (Å²) >= 11 is 0. The van der Waals surface area contributed by atoms with Gasteiger partial charge in [0.1, 0.15) is 12.4 Å². The zero-order chi connectivity index (χ0) is 8.27. The van der Waals surface area contributed by atoms with Gasteiger partial charge in [-0.15, -0.1) is 0 Å². The average molecular weight is 152 g/mol. The fourth-order valence-electron chi connectivity index (χ4n) is 0.635. The van der Waals surface area contributed by atoms with Crippen LogP contribution in [0.5, 0.6) is 0 Å². The van der Waals surface area contributed by atoms with Gasteiger partial charge in [-0.25, -0.2) is 9.97 Å². The van der Waals surface area contributed by atoms with Gasteiger partial charge in [-0.3, -0.25) is 4.79 Å². The molecule has 0 radical (unpaired) electrons. The van der Waals surface area contributed by atoms with Crippen LogP contribution in [-0.4, -0.2) is 15.9 Å². The first-order chi connectivity index (χ1) is 5.22. The van der Waals surface area contributed by atoms with Gasteiger partial charge in [0.25, 0.3) is 0 Å². The third kappa shape index (κ3) is 1.71. The molecule has 5 heteroatoms. The van der Waals surface area contributed by atoms with Crippen LogP contribution in [0.2, 0.25) is 0 Å². The molecule has 0 aliphatic rings. The Labute approximate surface area is 63.4 Å². The standard InChI is InChI=1S/C6H8N4O/c7-5(6(8)11)4-1-9-3-10-2-4/h1-3,5H,7H2,(H2,8,11). The number of carbonyl (C=O) groups excluding carboxylic acids is 1. The van der Waals surface area contributed by atoms with Crippen molar-refractivity contribution in [1.82, 2.24) is 9.97 Å². The topological polar surface area (TPSA) is 94.9 Å². The molecule has 0 aliphatic heterocycles. The maximum Gasteiger partial charge on any atom is 0.239 e. The van der Waals surface area contributed by atoms with Crippen LogP contribution in [0, 0.1) is 0 Å². The van der Waals surface area contributed by atoms with Crippen LogP contribution in [0.4, 0.5) is 0 Å². The van der Waals surface area contributed by atoms with Gasteiger partial charge in [-0.05, 0) is 0 Å². The van der Waals surface area contributed by atoms with E-state index in [4.69, 9.17) is 11.5 Å². The van der Waals surface area contributed by atoms with E-state index in [1.807, 2.05) is 0 Å². The van der Waals surface area contributed by atoms with E-state index in [1.54, 1.807) is 0 Å². The third-order valence-corrected chi connectivity index (χ3v) is 1.25. The highest BCUT2D eigenvalue weighted by Crippen LogP contribution is 2.04. The Morgan fingerprint density at radius 1 is 1.45 bits per heavy atom. The lowest BCUT2D eigenvalue weighted by Gasteiger charge is -2.04. The quantitative estimate of drug-likeness (QED) is 0.566. The smallest absolute Gasteiger partial charge is 0.239 e. The number of aromatic nitrogens is 2. The Balaban J connectivity index is 2.85. The molecule has 0 aliphatic carbocycles. The van der Waals surface area contributed by atoms with E-state index in [0.29, 0.717) is 5.56 Å². The number of primary amides is 1. The maximum atomic E-state index is 10.5. The lowest BCUT2D eigenvalue weighted by atomic mass is 10.1. The number of hydrogen-bond acceptors (Lipinski definition) is 4. The van der Waals surface area contributed by atoms with Crippen molar-refractivity contribution in [3.8, 4) is 0 Å². The van der Waals surface area contributed by atoms with Crippen LogP contribution < -0.4 is 11.5 Å². The molecule has 58 valence electrons. The molecule has 0 fully saturated rings. The number of hydrogen-bond donors (Lipinski definition) is 2. The summed E-state index contributed by atoms with van der Waals surface area (Å²) < 4.78 is 0. The number of amides is 1. The molecule has 1 rings (SSSR count). The molecule has 5 nitrogen and oxygen atoms in total. The first-order valence-electron chi connectivity index (χ1n) is 3.01. The zero-order valence-electron chi connectivity index (χ0n) is 5.77. The van der Waals surface area contributed by atoms with Crippen LogP contribution in [0.25, 0.3) is 0 Å². The largest absolute Gasteiger partial charge is 0.368 e. The first kappa shape index (κ1) is 7.62. The number of carbonyl (C=O) groups is 1. The summed E-state index contributed by atoms with van der Waals surface area (Å²) in [4.78, 5) is 17.9. The molecule has 1 heterocycles. The van der Waals surface area contributed by atoms with E-state index < -0.39 is 11.9 Å². The number of nitrogens with zero attached hydrogens (tertiary/aromatic N) is 2. The molecule has 0 aromatic carbocycles. The van der Waals surface area contributed by atoms with Crippen molar-refractivity contribution in [1.29, 1.82) is 0 Å². The zero-order valence-corrected chi connectivity index (χ0v) is 5.77. The molecular weight excluding hydrogens is 144 g/mol. The highest BCUT2D eigenvalue weighted by atomic mass is 16.1. The highest BCUT2D eigenvalue weighted by Gasteiger charge is 2.11. The molecule has 1 aromatic heterocycles. The Morgan fingerprint density at radius 3 is 2.45 bits per heavy atom. The van der Waals surface area contributed by atoms with E-state index in [1.165, 1.54) is 18.7 Å². The molecule has 4 N–H and O–H groups in total. The van der Waals surface area contributed by atoms with Gasteiger partial charge in [-0.2, -0.15) is 0 Å². The minimum Gasteiger partial charge on any atom is -0.368 e. The van der Waals surface area contributed by atoms with E-state index in [-0.39, 0.29) is 0 Å². The first-order valence-corrected chi connectivity index (χ1v) is 3.01. The molecule has 0 saturated carbocycles. The lowest BCUT2D eigenvalue weighted by molar-refractivity contribution is -0.119. The summed E-state index contributed by atoms with van der Waals surface area (Å²) in [5.74, 6) is -0.584. The second kappa shape index (κ2) is 3.07. The van der Waals surface area contributed by atoms with Crippen molar-refractivity contribution in [3.05, 3.63) is 24.3 Å². The lowest BCUT2D eigenvalue weighted by Crippen LogP contribution is -2.28. The van der Waals surface area contributed by atoms with Gasteiger partial charge in [0.2, 0.25) is 5.91 Å². The number of rotatable bonds is 2. The Hall–Kier alpha value is -1.49. The molecule has 0 saturated heterocycles. The molecular formula is C6H8N4O. The molecule has 0 spiro atoms. The summed E-state index contributed by atoms with van der Waals surface area (Å²) in [6.45, 7) is 0. The van der Waals surface area contributed by atoms with Crippen molar-refractivity contribution in [2.75, 3.05) is 0 Å². The Morgan fingerprint density at radius 2 is 2.00 bits per heavy atom. The monoisotopic (exact) mass is 152 g/mol. The van der Waals surface area contributed by atoms with Crippen LogP contribution in [0.15, 0.2) is 18.7 Å². The second-order valence-electron chi connectivity index (χ2n) is 2.05. The molecule has 1 aromatic rings. The maximum absolute atomic E-state index is 10.5. The van der Waals surface area contributed by atoms with Crippen LogP contribution >= 0.6 is 0 Å². The van der Waals surface area contributed by atoms with E-state index >= 15 is 0 Å². The summed E-state index contributed by atoms with van der Waals surface area (Å²) in [6.07, 6.45) is 4.28. The summed E-state index contributed by atoms with van der Waals surface area (Å²) in [7, 11) is 0. The average Bonchev–Trinajstić information content (AvgIpc) is 2.05. The molecule has 1 unspecified atom stereocenters. The molecule has 11 heavy (non-hydrogen) atoms. The van der Waals surface area contributed by atoms with Crippen LogP contribution in [0.1, 0.15) is 11.6 Å². The third-order valence-electron chi connectivity index (χ3n) is 1.25. The van der Waals surface area contributed by atoms with Gasteiger partial charge in [0.15, 0.2) is 0 Å². The highest BCUT2D eigenvalue weighted by molar-refractivity contribution is 5.80. The fraction of sp³-hybridized carbons (Fsp3) is 0.167. The van der Waals surface area contributed by atoms with E-state index in [2.05, 4.69) is 9.97 Å². The SMILES string of the molecule is NC(=O)C(N)c1cncnc1. The van der Waals surface area contributed by atoms with Crippen LogP contribution in [-0.2, 0) is 4.79 Å². The minimum atomic E-state index is -0.809. The molecule has 1 atom stereocenters. The van der Waals surface area contributed by atoms with E-state index in [9.17, 15) is 4.79 Å². The Bertz CT molecular complexity index is 248. The number of nitrogens with two attached hydrogens (primary N) is 2. The van der Waals surface area contributed by atoms with Crippen LogP contribution in [0.3, 0.4) is 0 Å². The van der Waals surface area contributed by atoms with Crippen molar-refractivity contribution in [2.24, 2.45) is 11.5 Å². The van der Waals surface area contributed by atoms with Crippen molar-refractivity contribution in [2.45, 2.75) is 6.04 Å². The van der Waals surface area contributed by atoms with Gasteiger partial charge >= 0.3 is 0 Å². The Kier molecular flexibility index (Phi) is 2.12. The van der Waals surface area contributed by atoms with Gasteiger partial charge in [0.05, 0.1) is 0 Å². The summed E-state index contributed by atoms with van der Waals surface area (Å²) in [5.41, 5.74) is 10.9. The van der Waals surface area contributed by atoms with Crippen molar-refractivity contribution >= 4 is 5.91 Å². The van der Waals surface area contributed by atoms with E-state index in [0.717, 1.165) is 0 Å². The predicted molar refractivity (Wildman–Crippen MR) is 38.2 cm³/mol. The predicted octanol–water partition coefficient (Wildman–Crippen LogP) is -1.04. The van der Waals surface area contributed by atoms with Gasteiger partial charge in [-0.1, -0.05) is 0 Å². The summed E-state index contributed by atoms with van der Waals surface area (Å²) in [6, 6.07) is -0.809. The minimum absolute atomic E-state index is 0.528. The summed E-state index contributed by atoms with van der Waals surface area (Å²) in [5, 5.41) is 0. The normalized spacial score (nSPS) is 12.5. The fourth-order valence-corrected chi connectivity index (χ4v) is 0.635. The van der Waals surface area contributed by atoms with Gasteiger partial charge < -0.3 is 11.5 Å². The van der Waals surface area contributed by atoms with Crippen molar-refractivity contribution < 1.29 is 4.79 Å². The second-order valence-corrected chi connectivity index (χ2v) is 2.05. The van der Waals surface area contributed by atoms with Gasteiger partial charge in [0, 0.05) is 18.0 Å². The molecule has 1 amide bonds. The molecule has 0 bridgehead atoms.